The van der Waals surface area contributed by atoms with Crippen molar-refractivity contribution in [3.8, 4) is 0 Å². The van der Waals surface area contributed by atoms with Gasteiger partial charge in [-0.05, 0) is 12.5 Å². The molecule has 1 atom stereocenters. The molecular weight excluding hydrogens is 336 g/mol. The Morgan fingerprint density at radius 3 is 2.35 bits per heavy atom. The zero-order valence-electron chi connectivity index (χ0n) is 15.1. The number of carbonyl (C=O) groups excluding carboxylic acids is 2. The Morgan fingerprint density at radius 1 is 1.08 bits per heavy atom. The molecule has 0 radical (unpaired) electrons. The first-order valence-corrected chi connectivity index (χ1v) is 9.13. The Hall–Kier alpha value is -2.42. The number of rotatable bonds is 4. The fourth-order valence-corrected chi connectivity index (χ4v) is 3.15. The van der Waals surface area contributed by atoms with Gasteiger partial charge in [-0.25, -0.2) is 14.8 Å². The first-order chi connectivity index (χ1) is 12.7. The van der Waals surface area contributed by atoms with Crippen LogP contribution in [0.2, 0.25) is 0 Å². The maximum absolute atomic E-state index is 12.6. The van der Waals surface area contributed by atoms with Crippen molar-refractivity contribution >= 4 is 17.9 Å². The lowest BCUT2D eigenvalue weighted by atomic mass is 10.2. The van der Waals surface area contributed by atoms with Gasteiger partial charge in [0.15, 0.2) is 0 Å². The van der Waals surface area contributed by atoms with Crippen molar-refractivity contribution in [2.45, 2.75) is 19.4 Å². The molecule has 9 nitrogen and oxygen atoms in total. The molecule has 9 heteroatoms. The van der Waals surface area contributed by atoms with Gasteiger partial charge in [0.1, 0.15) is 6.04 Å². The number of urea groups is 1. The highest BCUT2D eigenvalue weighted by molar-refractivity contribution is 5.87. The largest absolute Gasteiger partial charge is 0.378 e. The van der Waals surface area contributed by atoms with Gasteiger partial charge in [0.2, 0.25) is 11.9 Å². The van der Waals surface area contributed by atoms with Crippen molar-refractivity contribution in [3.05, 3.63) is 18.5 Å². The van der Waals surface area contributed by atoms with Gasteiger partial charge in [-0.1, -0.05) is 6.92 Å². The Bertz CT molecular complexity index is 600. The number of nitrogens with one attached hydrogen (secondary N) is 1. The quantitative estimate of drug-likeness (QED) is 0.807. The van der Waals surface area contributed by atoms with E-state index in [0.29, 0.717) is 64.9 Å². The van der Waals surface area contributed by atoms with Crippen molar-refractivity contribution in [2.75, 3.05) is 57.4 Å². The third-order valence-electron chi connectivity index (χ3n) is 4.73. The molecule has 3 amide bonds. The smallest absolute Gasteiger partial charge is 0.318 e. The van der Waals surface area contributed by atoms with E-state index < -0.39 is 6.04 Å². The van der Waals surface area contributed by atoms with Gasteiger partial charge < -0.3 is 24.8 Å². The zero-order valence-corrected chi connectivity index (χ0v) is 15.1. The number of carbonyl (C=O) groups is 2. The minimum Gasteiger partial charge on any atom is -0.378 e. The van der Waals surface area contributed by atoms with Gasteiger partial charge in [0.25, 0.3) is 0 Å². The third kappa shape index (κ3) is 4.40. The number of hydrogen-bond acceptors (Lipinski definition) is 6. The minimum atomic E-state index is -0.490. The maximum atomic E-state index is 12.6. The van der Waals surface area contributed by atoms with Crippen molar-refractivity contribution < 1.29 is 14.3 Å². The van der Waals surface area contributed by atoms with E-state index in [1.165, 1.54) is 0 Å². The van der Waals surface area contributed by atoms with E-state index in [9.17, 15) is 9.59 Å². The summed E-state index contributed by atoms with van der Waals surface area (Å²) in [5.41, 5.74) is 0. The van der Waals surface area contributed by atoms with Gasteiger partial charge in [-0.3, -0.25) is 4.79 Å². The lowest BCUT2D eigenvalue weighted by Gasteiger charge is -2.36. The number of piperazine rings is 1. The lowest BCUT2D eigenvalue weighted by molar-refractivity contribution is -0.137. The number of morpholine rings is 1. The highest BCUT2D eigenvalue weighted by Crippen LogP contribution is 2.10. The molecule has 0 bridgehead atoms. The standard InChI is InChI=1S/C17H26N6O3/c1-2-14(15(24)21-10-12-26-13-11-21)20-17(25)23-8-6-22(7-9-23)16-18-4-3-5-19-16/h3-5,14H,2,6-13H2,1H3,(H,20,25). The van der Waals surface area contributed by atoms with Crippen molar-refractivity contribution in [2.24, 2.45) is 0 Å². The second-order valence-corrected chi connectivity index (χ2v) is 6.37. The van der Waals surface area contributed by atoms with Crippen LogP contribution < -0.4 is 10.2 Å². The molecule has 1 aromatic heterocycles. The van der Waals surface area contributed by atoms with E-state index in [1.807, 2.05) is 6.92 Å². The average molecular weight is 362 g/mol. The molecule has 1 N–H and O–H groups in total. The summed E-state index contributed by atoms with van der Waals surface area (Å²) in [5.74, 6) is 0.655. The van der Waals surface area contributed by atoms with Crippen LogP contribution in [0.4, 0.5) is 10.7 Å². The zero-order chi connectivity index (χ0) is 18.4. The number of anilines is 1. The van der Waals surface area contributed by atoms with Gasteiger partial charge in [-0.2, -0.15) is 0 Å². The van der Waals surface area contributed by atoms with Crippen molar-refractivity contribution in [1.82, 2.24) is 25.1 Å². The van der Waals surface area contributed by atoms with Gasteiger partial charge in [0.05, 0.1) is 13.2 Å². The van der Waals surface area contributed by atoms with Crippen LogP contribution in [0.1, 0.15) is 13.3 Å². The molecule has 3 heterocycles. The normalized spacial score (nSPS) is 19.2. The van der Waals surface area contributed by atoms with E-state index >= 15 is 0 Å². The van der Waals surface area contributed by atoms with Crippen LogP contribution in [-0.2, 0) is 9.53 Å². The van der Waals surface area contributed by atoms with Crippen molar-refractivity contribution in [3.63, 3.8) is 0 Å². The summed E-state index contributed by atoms with van der Waals surface area (Å²) in [5, 5.41) is 2.89. The number of ether oxygens (including phenoxy) is 1. The molecule has 2 saturated heterocycles. The molecule has 0 aromatic carbocycles. The lowest BCUT2D eigenvalue weighted by Crippen LogP contribution is -2.57. The molecular formula is C17H26N6O3. The molecule has 3 rings (SSSR count). The van der Waals surface area contributed by atoms with E-state index in [2.05, 4.69) is 20.2 Å². The van der Waals surface area contributed by atoms with Crippen LogP contribution in [0.15, 0.2) is 18.5 Å². The summed E-state index contributed by atoms with van der Waals surface area (Å²) < 4.78 is 5.28. The Balaban J connectivity index is 1.50. The van der Waals surface area contributed by atoms with Crippen LogP contribution in [0, 0.1) is 0 Å². The highest BCUT2D eigenvalue weighted by Gasteiger charge is 2.29. The first kappa shape index (κ1) is 18.4. The molecule has 1 unspecified atom stereocenters. The van der Waals surface area contributed by atoms with Gasteiger partial charge in [0, 0.05) is 51.7 Å². The maximum Gasteiger partial charge on any atom is 0.318 e. The molecule has 2 aliphatic rings. The van der Waals surface area contributed by atoms with Gasteiger partial charge in [-0.15, -0.1) is 0 Å². The topological polar surface area (TPSA) is 90.9 Å². The molecule has 26 heavy (non-hydrogen) atoms. The number of nitrogens with zero attached hydrogens (tertiary/aromatic N) is 5. The summed E-state index contributed by atoms with van der Waals surface area (Å²) in [6, 6.07) is 1.10. The van der Waals surface area contributed by atoms with Gasteiger partial charge >= 0.3 is 6.03 Å². The van der Waals surface area contributed by atoms with Crippen LogP contribution in [0.5, 0.6) is 0 Å². The molecule has 0 spiro atoms. The number of hydrogen-bond donors (Lipinski definition) is 1. The molecule has 1 aromatic rings. The molecule has 0 aliphatic carbocycles. The van der Waals surface area contributed by atoms with E-state index in [0.717, 1.165) is 0 Å². The van der Waals surface area contributed by atoms with Crippen molar-refractivity contribution in [1.29, 1.82) is 0 Å². The number of aromatic nitrogens is 2. The Labute approximate surface area is 153 Å². The predicted molar refractivity (Wildman–Crippen MR) is 95.8 cm³/mol. The van der Waals surface area contributed by atoms with Crippen LogP contribution >= 0.6 is 0 Å². The molecule has 2 fully saturated rings. The predicted octanol–water partition coefficient (Wildman–Crippen LogP) is -0.0544. The van der Waals surface area contributed by atoms with Crippen LogP contribution in [0.3, 0.4) is 0 Å². The summed E-state index contributed by atoms with van der Waals surface area (Å²) in [7, 11) is 0. The highest BCUT2D eigenvalue weighted by atomic mass is 16.5. The summed E-state index contributed by atoms with van der Waals surface area (Å²) in [6.07, 6.45) is 3.99. The monoisotopic (exact) mass is 362 g/mol. The fraction of sp³-hybridized carbons (Fsp3) is 0.647. The summed E-state index contributed by atoms with van der Waals surface area (Å²) >= 11 is 0. The average Bonchev–Trinajstić information content (AvgIpc) is 2.72. The van der Waals surface area contributed by atoms with E-state index in [4.69, 9.17) is 4.74 Å². The summed E-state index contributed by atoms with van der Waals surface area (Å²) in [4.78, 5) is 39.2. The van der Waals surface area contributed by atoms with E-state index in [-0.39, 0.29) is 11.9 Å². The Morgan fingerprint density at radius 2 is 1.73 bits per heavy atom. The minimum absolute atomic E-state index is 0.0273. The molecule has 2 aliphatic heterocycles. The molecule has 142 valence electrons. The Kier molecular flexibility index (Phi) is 6.21. The van der Waals surface area contributed by atoms with E-state index in [1.54, 1.807) is 28.3 Å². The van der Waals surface area contributed by atoms with Crippen LogP contribution in [-0.4, -0.2) is 90.2 Å². The third-order valence-corrected chi connectivity index (χ3v) is 4.73. The fourth-order valence-electron chi connectivity index (χ4n) is 3.15. The van der Waals surface area contributed by atoms with Crippen LogP contribution in [0.25, 0.3) is 0 Å². The SMILES string of the molecule is CCC(NC(=O)N1CCN(c2ncccn2)CC1)C(=O)N1CCOCC1. The first-order valence-electron chi connectivity index (χ1n) is 9.13. The summed E-state index contributed by atoms with van der Waals surface area (Å²) in [6.45, 7) is 6.69. The molecule has 0 saturated carbocycles. The second-order valence-electron chi connectivity index (χ2n) is 6.37. The second kappa shape index (κ2) is 8.79. The number of amides is 3.